The average molecular weight is 510 g/mol. The highest BCUT2D eigenvalue weighted by Gasteiger charge is 2.41. The molecule has 9 nitrogen and oxygen atoms in total. The van der Waals surface area contributed by atoms with Crippen molar-refractivity contribution in [1.82, 2.24) is 24.3 Å². The minimum atomic E-state index is -4.84. The summed E-state index contributed by atoms with van der Waals surface area (Å²) in [5.41, 5.74) is -1.34. The molecular weight excluding hydrogens is 484 g/mol. The van der Waals surface area contributed by atoms with Crippen molar-refractivity contribution in [2.45, 2.75) is 51.4 Å². The number of ether oxygens (including phenoxy) is 2. The number of pyridine rings is 1. The van der Waals surface area contributed by atoms with Crippen LogP contribution in [0.15, 0.2) is 24.5 Å². The highest BCUT2D eigenvalue weighted by molar-refractivity contribution is 5.68. The lowest BCUT2D eigenvalue weighted by Crippen LogP contribution is -2.47. The summed E-state index contributed by atoms with van der Waals surface area (Å²) in [5, 5.41) is 2.84. The number of alkyl halides is 3. The van der Waals surface area contributed by atoms with E-state index in [4.69, 9.17) is 9.47 Å². The zero-order chi connectivity index (χ0) is 26.3. The second-order valence-electron chi connectivity index (χ2n) is 9.41. The highest BCUT2D eigenvalue weighted by Crippen LogP contribution is 2.41. The smallest absolute Gasteiger partial charge is 0.425 e. The Hall–Kier alpha value is -3.64. The number of anilines is 1. The van der Waals surface area contributed by atoms with Crippen LogP contribution in [0.5, 0.6) is 5.88 Å². The topological polar surface area (TPSA) is 93.9 Å². The van der Waals surface area contributed by atoms with E-state index in [1.165, 1.54) is 27.6 Å². The van der Waals surface area contributed by atoms with Gasteiger partial charge in [0.15, 0.2) is 11.4 Å². The molecule has 194 valence electrons. The molecule has 1 N–H and O–H groups in total. The maximum absolute atomic E-state index is 14.1. The Morgan fingerprint density at radius 1 is 1.19 bits per heavy atom. The molecular formula is C23H26F4N6O3. The van der Waals surface area contributed by atoms with Gasteiger partial charge in [-0.25, -0.2) is 19.2 Å². The van der Waals surface area contributed by atoms with E-state index in [1.807, 2.05) is 0 Å². The van der Waals surface area contributed by atoms with E-state index in [0.717, 1.165) is 13.3 Å². The third kappa shape index (κ3) is 5.44. The third-order valence-corrected chi connectivity index (χ3v) is 5.47. The molecule has 13 heteroatoms. The Morgan fingerprint density at radius 3 is 2.61 bits per heavy atom. The van der Waals surface area contributed by atoms with Crippen LogP contribution in [0.1, 0.15) is 39.2 Å². The third-order valence-electron chi connectivity index (χ3n) is 5.47. The van der Waals surface area contributed by atoms with Crippen LogP contribution in [0.4, 0.5) is 28.2 Å². The van der Waals surface area contributed by atoms with Gasteiger partial charge >= 0.3 is 12.3 Å². The van der Waals surface area contributed by atoms with Crippen molar-refractivity contribution in [3.63, 3.8) is 0 Å². The van der Waals surface area contributed by atoms with Crippen molar-refractivity contribution in [3.8, 4) is 17.4 Å². The second kappa shape index (κ2) is 9.43. The number of rotatable bonds is 4. The lowest BCUT2D eigenvalue weighted by atomic mass is 10.1. The number of piperidine rings is 1. The van der Waals surface area contributed by atoms with E-state index >= 15 is 0 Å². The summed E-state index contributed by atoms with van der Waals surface area (Å²) in [6, 6.07) is 2.10. The number of halogens is 4. The number of fused-ring (bicyclic) bond motifs is 1. The molecule has 1 aliphatic rings. The largest absolute Gasteiger partial charge is 0.480 e. The first kappa shape index (κ1) is 25.5. The molecule has 1 fully saturated rings. The molecule has 1 atom stereocenters. The quantitative estimate of drug-likeness (QED) is 0.506. The first-order valence-electron chi connectivity index (χ1n) is 11.3. The number of nitrogens with one attached hydrogen (secondary N) is 1. The molecule has 1 unspecified atom stereocenters. The average Bonchev–Trinajstić information content (AvgIpc) is 3.20. The second-order valence-corrected chi connectivity index (χ2v) is 9.41. The molecule has 4 rings (SSSR count). The number of amides is 1. The summed E-state index contributed by atoms with van der Waals surface area (Å²) in [6.07, 6.45) is -1.85. The summed E-state index contributed by atoms with van der Waals surface area (Å²) >= 11 is 0. The normalized spacial score (nSPS) is 16.8. The van der Waals surface area contributed by atoms with Crippen LogP contribution in [0, 0.1) is 5.82 Å². The molecule has 3 aromatic heterocycles. The Balaban J connectivity index is 1.72. The molecule has 0 bridgehead atoms. The predicted molar refractivity (Wildman–Crippen MR) is 122 cm³/mol. The Morgan fingerprint density at radius 2 is 1.94 bits per heavy atom. The number of likely N-dealkylation sites (tertiary alicyclic amines) is 1. The predicted octanol–water partition coefficient (Wildman–Crippen LogP) is 4.77. The summed E-state index contributed by atoms with van der Waals surface area (Å²) in [6.45, 7) is 5.75. The van der Waals surface area contributed by atoms with Gasteiger partial charge in [-0.3, -0.25) is 4.40 Å². The number of imidazole rings is 1. The van der Waals surface area contributed by atoms with Crippen LogP contribution in [0.3, 0.4) is 0 Å². The number of nitrogens with zero attached hydrogens (tertiary/aromatic N) is 5. The van der Waals surface area contributed by atoms with Crippen LogP contribution in [0.2, 0.25) is 0 Å². The van der Waals surface area contributed by atoms with Crippen molar-refractivity contribution >= 4 is 17.6 Å². The van der Waals surface area contributed by atoms with Gasteiger partial charge in [-0.05, 0) is 45.7 Å². The standard InChI is InChI=1S/C23H26F4N6O3/c1-22(2,3)36-21(34)32-9-5-6-14(12-32)29-19-17(23(25,26)27)20(35-4)31-18(30-19)15-10-28-16-8-7-13(24)11-33(15)16/h7-8,10-11,14H,5-6,9,12H2,1-4H3,(H,29,30,31). The lowest BCUT2D eigenvalue weighted by Gasteiger charge is -2.35. The van der Waals surface area contributed by atoms with Gasteiger partial charge < -0.3 is 19.7 Å². The maximum Gasteiger partial charge on any atom is 0.425 e. The molecule has 1 amide bonds. The summed E-state index contributed by atoms with van der Waals surface area (Å²) in [5.74, 6) is -1.91. The van der Waals surface area contributed by atoms with Crippen LogP contribution in [0.25, 0.3) is 17.2 Å². The Bertz CT molecular complexity index is 1270. The first-order chi connectivity index (χ1) is 16.9. The van der Waals surface area contributed by atoms with E-state index in [-0.39, 0.29) is 18.1 Å². The van der Waals surface area contributed by atoms with Crippen LogP contribution in [-0.2, 0) is 10.9 Å². The van der Waals surface area contributed by atoms with Crippen molar-refractivity contribution in [2.75, 3.05) is 25.5 Å². The van der Waals surface area contributed by atoms with Gasteiger partial charge in [-0.15, -0.1) is 0 Å². The van der Waals surface area contributed by atoms with Gasteiger partial charge in [0.1, 0.15) is 28.6 Å². The van der Waals surface area contributed by atoms with Crippen molar-refractivity contribution in [2.24, 2.45) is 0 Å². The molecule has 36 heavy (non-hydrogen) atoms. The maximum atomic E-state index is 14.1. The zero-order valence-corrected chi connectivity index (χ0v) is 20.2. The van der Waals surface area contributed by atoms with Gasteiger partial charge in [0.25, 0.3) is 0 Å². The van der Waals surface area contributed by atoms with Crippen molar-refractivity contribution in [3.05, 3.63) is 35.9 Å². The van der Waals surface area contributed by atoms with Gasteiger partial charge in [0, 0.05) is 25.3 Å². The molecule has 0 spiro atoms. The Kier molecular flexibility index (Phi) is 6.67. The Labute approximate surface area is 204 Å². The van der Waals surface area contributed by atoms with E-state index in [9.17, 15) is 22.4 Å². The van der Waals surface area contributed by atoms with Crippen LogP contribution >= 0.6 is 0 Å². The van der Waals surface area contributed by atoms with E-state index in [1.54, 1.807) is 20.8 Å². The van der Waals surface area contributed by atoms with E-state index in [2.05, 4.69) is 20.3 Å². The number of carbonyl (C=O) groups is 1. The molecule has 3 aromatic rings. The van der Waals surface area contributed by atoms with Gasteiger partial charge in [0.2, 0.25) is 5.88 Å². The number of hydrogen-bond acceptors (Lipinski definition) is 7. The first-order valence-corrected chi connectivity index (χ1v) is 11.3. The van der Waals surface area contributed by atoms with Crippen molar-refractivity contribution in [1.29, 1.82) is 0 Å². The highest BCUT2D eigenvalue weighted by atomic mass is 19.4. The van der Waals surface area contributed by atoms with Gasteiger partial charge in [0.05, 0.1) is 13.3 Å². The fraction of sp³-hybridized carbons (Fsp3) is 0.478. The minimum Gasteiger partial charge on any atom is -0.480 e. The summed E-state index contributed by atoms with van der Waals surface area (Å²) < 4.78 is 67.8. The number of hydrogen-bond donors (Lipinski definition) is 1. The molecule has 4 heterocycles. The SMILES string of the molecule is COc1nc(-c2cnc3ccc(F)cn23)nc(NC2CCCN(C(=O)OC(C)(C)C)C2)c1C(F)(F)F. The number of methoxy groups -OCH3 is 1. The molecule has 1 aliphatic heterocycles. The lowest BCUT2D eigenvalue weighted by molar-refractivity contribution is -0.138. The van der Waals surface area contributed by atoms with Gasteiger partial charge in [-0.1, -0.05) is 0 Å². The molecule has 0 radical (unpaired) electrons. The molecule has 1 saturated heterocycles. The van der Waals surface area contributed by atoms with E-state index in [0.29, 0.717) is 25.0 Å². The number of carbonyl (C=O) groups excluding carboxylic acids is 1. The fourth-order valence-electron chi connectivity index (χ4n) is 3.96. The van der Waals surface area contributed by atoms with Crippen molar-refractivity contribution < 1.29 is 31.8 Å². The van der Waals surface area contributed by atoms with Crippen LogP contribution < -0.4 is 10.1 Å². The van der Waals surface area contributed by atoms with Gasteiger partial charge in [-0.2, -0.15) is 18.2 Å². The zero-order valence-electron chi connectivity index (χ0n) is 20.2. The monoisotopic (exact) mass is 510 g/mol. The summed E-state index contributed by atoms with van der Waals surface area (Å²) in [7, 11) is 1.07. The summed E-state index contributed by atoms with van der Waals surface area (Å²) in [4.78, 5) is 26.2. The van der Waals surface area contributed by atoms with E-state index < -0.39 is 47.0 Å². The molecule has 0 aromatic carbocycles. The minimum absolute atomic E-state index is 0.120. The molecule has 0 aliphatic carbocycles. The fourth-order valence-corrected chi connectivity index (χ4v) is 3.96. The molecule has 0 saturated carbocycles. The van der Waals surface area contributed by atoms with Crippen LogP contribution in [-0.4, -0.2) is 62.2 Å². The number of aromatic nitrogens is 4.